The fourth-order valence-electron chi connectivity index (χ4n) is 3.39. The molecule has 0 amide bonds. The molecule has 2 rings (SSSR count). The molecule has 1 aliphatic carbocycles. The van der Waals surface area contributed by atoms with Gasteiger partial charge in [-0.05, 0) is 38.3 Å². The average Bonchev–Trinajstić information content (AvgIpc) is 2.27. The van der Waals surface area contributed by atoms with E-state index in [1.54, 1.807) is 0 Å². The number of hydrogen-bond donors (Lipinski definition) is 1. The van der Waals surface area contributed by atoms with Crippen molar-refractivity contribution in [3.63, 3.8) is 0 Å². The number of hydrogen-bond acceptors (Lipinski definition) is 1. The Labute approximate surface area is 106 Å². The summed E-state index contributed by atoms with van der Waals surface area (Å²) in [6.07, 6.45) is 5.46. The van der Waals surface area contributed by atoms with Gasteiger partial charge in [0.25, 0.3) is 0 Å². The quantitative estimate of drug-likeness (QED) is 0.815. The summed E-state index contributed by atoms with van der Waals surface area (Å²) in [5.74, 6) is 0.953. The van der Waals surface area contributed by atoms with Gasteiger partial charge in [0.1, 0.15) is 0 Å². The molecule has 0 heterocycles. The van der Waals surface area contributed by atoms with Crippen molar-refractivity contribution in [2.24, 2.45) is 5.92 Å². The van der Waals surface area contributed by atoms with Crippen molar-refractivity contribution in [3.05, 3.63) is 35.4 Å². The Morgan fingerprint density at radius 2 is 1.88 bits per heavy atom. The molecule has 1 saturated carbocycles. The van der Waals surface area contributed by atoms with Gasteiger partial charge in [-0.2, -0.15) is 0 Å². The highest BCUT2D eigenvalue weighted by atomic mass is 14.8. The van der Waals surface area contributed by atoms with Crippen LogP contribution in [0.5, 0.6) is 0 Å². The predicted molar refractivity (Wildman–Crippen MR) is 74.4 cm³/mol. The standard InChI is InChI=1S/C16H25N/c1-4-5-14-10-16(11-14,12-17-3)15-8-6-13(2)7-9-15/h6-9,14,17H,4-5,10-12H2,1-3H3. The number of aryl methyl sites for hydroxylation is 1. The van der Waals surface area contributed by atoms with Crippen LogP contribution in [0.15, 0.2) is 24.3 Å². The maximum Gasteiger partial charge on any atom is 0.00829 e. The Balaban J connectivity index is 2.11. The van der Waals surface area contributed by atoms with Crippen molar-refractivity contribution in [2.45, 2.75) is 44.9 Å². The van der Waals surface area contributed by atoms with E-state index < -0.39 is 0 Å². The van der Waals surface area contributed by atoms with E-state index in [1.165, 1.54) is 36.8 Å². The second-order valence-electron chi connectivity index (χ2n) is 5.74. The summed E-state index contributed by atoms with van der Waals surface area (Å²) in [7, 11) is 2.07. The van der Waals surface area contributed by atoms with Gasteiger partial charge in [-0.15, -0.1) is 0 Å². The summed E-state index contributed by atoms with van der Waals surface area (Å²) < 4.78 is 0. The maximum absolute atomic E-state index is 3.39. The minimum absolute atomic E-state index is 0.419. The molecule has 1 heteroatoms. The van der Waals surface area contributed by atoms with Crippen LogP contribution in [-0.2, 0) is 5.41 Å². The van der Waals surface area contributed by atoms with Crippen molar-refractivity contribution in [1.82, 2.24) is 5.32 Å². The molecule has 1 aromatic rings. The SMILES string of the molecule is CCCC1CC(CNC)(c2ccc(C)cc2)C1. The maximum atomic E-state index is 3.39. The normalized spacial score (nSPS) is 27.8. The van der Waals surface area contributed by atoms with E-state index >= 15 is 0 Å². The van der Waals surface area contributed by atoms with Crippen molar-refractivity contribution in [2.75, 3.05) is 13.6 Å². The largest absolute Gasteiger partial charge is 0.319 e. The molecular formula is C16H25N. The second-order valence-corrected chi connectivity index (χ2v) is 5.74. The first kappa shape index (κ1) is 12.6. The van der Waals surface area contributed by atoms with Crippen LogP contribution in [0.2, 0.25) is 0 Å². The van der Waals surface area contributed by atoms with Gasteiger partial charge in [-0.25, -0.2) is 0 Å². The van der Waals surface area contributed by atoms with E-state index in [-0.39, 0.29) is 0 Å². The topological polar surface area (TPSA) is 12.0 Å². The third-order valence-electron chi connectivity index (χ3n) is 4.23. The van der Waals surface area contributed by atoms with Gasteiger partial charge in [0.2, 0.25) is 0 Å². The van der Waals surface area contributed by atoms with Gasteiger partial charge >= 0.3 is 0 Å². The second kappa shape index (κ2) is 5.22. The van der Waals surface area contributed by atoms with E-state index in [1.807, 2.05) is 0 Å². The van der Waals surface area contributed by atoms with Crippen LogP contribution in [0.25, 0.3) is 0 Å². The molecule has 0 saturated heterocycles. The van der Waals surface area contributed by atoms with E-state index in [0.29, 0.717) is 5.41 Å². The summed E-state index contributed by atoms with van der Waals surface area (Å²) in [5.41, 5.74) is 3.31. The summed E-state index contributed by atoms with van der Waals surface area (Å²) >= 11 is 0. The van der Waals surface area contributed by atoms with Crippen molar-refractivity contribution >= 4 is 0 Å². The monoisotopic (exact) mass is 231 g/mol. The van der Waals surface area contributed by atoms with Crippen LogP contribution in [-0.4, -0.2) is 13.6 Å². The van der Waals surface area contributed by atoms with E-state index in [2.05, 4.69) is 50.5 Å². The number of benzene rings is 1. The molecule has 0 aromatic heterocycles. The zero-order valence-corrected chi connectivity index (χ0v) is 11.4. The smallest absolute Gasteiger partial charge is 0.00829 e. The van der Waals surface area contributed by atoms with Crippen LogP contribution in [0, 0.1) is 12.8 Å². The fraction of sp³-hybridized carbons (Fsp3) is 0.625. The molecule has 0 unspecified atom stereocenters. The van der Waals surface area contributed by atoms with Crippen molar-refractivity contribution < 1.29 is 0 Å². The summed E-state index contributed by atoms with van der Waals surface area (Å²) in [4.78, 5) is 0. The summed E-state index contributed by atoms with van der Waals surface area (Å²) in [5, 5.41) is 3.39. The molecule has 94 valence electrons. The number of nitrogens with one attached hydrogen (secondary N) is 1. The number of likely N-dealkylation sites (N-methyl/N-ethyl adjacent to an activating group) is 1. The Hall–Kier alpha value is -0.820. The summed E-state index contributed by atoms with van der Waals surface area (Å²) in [6.45, 7) is 5.58. The highest BCUT2D eigenvalue weighted by Gasteiger charge is 2.44. The van der Waals surface area contributed by atoms with Crippen molar-refractivity contribution in [1.29, 1.82) is 0 Å². The van der Waals surface area contributed by atoms with Crippen LogP contribution >= 0.6 is 0 Å². The van der Waals surface area contributed by atoms with Gasteiger partial charge < -0.3 is 5.32 Å². The lowest BCUT2D eigenvalue weighted by atomic mass is 9.57. The Bertz CT molecular complexity index is 346. The molecule has 0 aliphatic heterocycles. The zero-order chi connectivity index (χ0) is 12.3. The minimum Gasteiger partial charge on any atom is -0.319 e. The molecule has 0 spiro atoms. The van der Waals surface area contributed by atoms with E-state index in [9.17, 15) is 0 Å². The first-order chi connectivity index (χ1) is 8.20. The molecule has 1 N–H and O–H groups in total. The van der Waals surface area contributed by atoms with Crippen LogP contribution in [0.4, 0.5) is 0 Å². The van der Waals surface area contributed by atoms with Gasteiger partial charge in [0.05, 0.1) is 0 Å². The molecule has 17 heavy (non-hydrogen) atoms. The highest BCUT2D eigenvalue weighted by molar-refractivity contribution is 5.32. The summed E-state index contributed by atoms with van der Waals surface area (Å²) in [6, 6.07) is 9.16. The number of rotatable bonds is 5. The van der Waals surface area contributed by atoms with Crippen molar-refractivity contribution in [3.8, 4) is 0 Å². The molecule has 1 aliphatic rings. The van der Waals surface area contributed by atoms with Crippen LogP contribution < -0.4 is 5.32 Å². The molecule has 0 atom stereocenters. The lowest BCUT2D eigenvalue weighted by Gasteiger charge is -2.48. The van der Waals surface area contributed by atoms with Gasteiger partial charge in [0.15, 0.2) is 0 Å². The Kier molecular flexibility index (Phi) is 3.88. The first-order valence-corrected chi connectivity index (χ1v) is 6.92. The average molecular weight is 231 g/mol. The first-order valence-electron chi connectivity index (χ1n) is 6.92. The molecule has 0 radical (unpaired) electrons. The van der Waals surface area contributed by atoms with E-state index in [0.717, 1.165) is 12.5 Å². The lowest BCUT2D eigenvalue weighted by molar-refractivity contribution is 0.131. The molecule has 1 fully saturated rings. The minimum atomic E-state index is 0.419. The highest BCUT2D eigenvalue weighted by Crippen LogP contribution is 2.49. The van der Waals surface area contributed by atoms with Gasteiger partial charge in [0, 0.05) is 12.0 Å². The molecule has 1 nitrogen and oxygen atoms in total. The third kappa shape index (κ3) is 2.55. The fourth-order valence-corrected chi connectivity index (χ4v) is 3.39. The van der Waals surface area contributed by atoms with Crippen LogP contribution in [0.3, 0.4) is 0 Å². The Morgan fingerprint density at radius 1 is 1.24 bits per heavy atom. The van der Waals surface area contributed by atoms with Gasteiger partial charge in [-0.3, -0.25) is 0 Å². The lowest BCUT2D eigenvalue weighted by Crippen LogP contribution is -2.47. The third-order valence-corrected chi connectivity index (χ3v) is 4.23. The molecule has 1 aromatic carbocycles. The predicted octanol–water partition coefficient (Wildman–Crippen LogP) is 3.66. The van der Waals surface area contributed by atoms with E-state index in [4.69, 9.17) is 0 Å². The van der Waals surface area contributed by atoms with Crippen LogP contribution in [0.1, 0.15) is 43.7 Å². The Morgan fingerprint density at radius 3 is 2.41 bits per heavy atom. The zero-order valence-electron chi connectivity index (χ0n) is 11.4. The molecular weight excluding hydrogens is 206 g/mol. The molecule has 0 bridgehead atoms. The van der Waals surface area contributed by atoms with Gasteiger partial charge in [-0.1, -0.05) is 49.6 Å².